The minimum atomic E-state index is 0.195. The molecule has 1 heterocycles. The van der Waals surface area contributed by atoms with Crippen molar-refractivity contribution in [3.8, 4) is 0 Å². The molecule has 1 saturated carbocycles. The highest BCUT2D eigenvalue weighted by Crippen LogP contribution is 2.26. The minimum absolute atomic E-state index is 0.195. The van der Waals surface area contributed by atoms with Crippen molar-refractivity contribution < 1.29 is 4.79 Å². The number of allylic oxidation sites excluding steroid dienone is 1. The summed E-state index contributed by atoms with van der Waals surface area (Å²) in [7, 11) is 0. The Bertz CT molecular complexity index is 514. The molecule has 2 N–H and O–H groups in total. The Hall–Kier alpha value is -1.62. The Morgan fingerprint density at radius 2 is 2.29 bits per heavy atom. The van der Waals surface area contributed by atoms with Crippen molar-refractivity contribution in [1.29, 1.82) is 0 Å². The third-order valence-corrected chi connectivity index (χ3v) is 3.74. The molecule has 1 aliphatic rings. The molecule has 0 unspecified atom stereocenters. The zero-order valence-corrected chi connectivity index (χ0v) is 13.0. The van der Waals surface area contributed by atoms with Crippen LogP contribution in [0.2, 0.25) is 5.28 Å². The summed E-state index contributed by atoms with van der Waals surface area (Å²) < 4.78 is 0. The maximum absolute atomic E-state index is 11.7. The number of rotatable bonds is 7. The number of hydrogen-bond acceptors (Lipinski definition) is 4. The summed E-state index contributed by atoms with van der Waals surface area (Å²) in [5.74, 6) is 1.17. The smallest absolute Gasteiger partial charge is 0.224 e. The van der Waals surface area contributed by atoms with Gasteiger partial charge in [-0.3, -0.25) is 4.79 Å². The molecule has 6 heteroatoms. The van der Waals surface area contributed by atoms with Gasteiger partial charge in [-0.15, -0.1) is 0 Å². The standard InChI is InChI=1S/C15H21ClN4O/c1-2-5-12-10-19-15(16)20-13(12)17-8-4-9-18-14(21)11-6-3-7-11/h2,5,10-11H,3-4,6-9H2,1H3,(H,18,21)(H,17,19,20). The Balaban J connectivity index is 1.72. The van der Waals surface area contributed by atoms with Gasteiger partial charge in [0.2, 0.25) is 11.2 Å². The molecule has 2 rings (SSSR count). The number of nitrogens with zero attached hydrogens (tertiary/aromatic N) is 2. The largest absolute Gasteiger partial charge is 0.369 e. The predicted octanol–water partition coefficient (Wildman–Crippen LogP) is 2.88. The van der Waals surface area contributed by atoms with Gasteiger partial charge >= 0.3 is 0 Å². The van der Waals surface area contributed by atoms with Gasteiger partial charge in [0.15, 0.2) is 0 Å². The van der Waals surface area contributed by atoms with E-state index in [0.29, 0.717) is 6.54 Å². The third kappa shape index (κ3) is 4.70. The number of hydrogen-bond donors (Lipinski definition) is 2. The van der Waals surface area contributed by atoms with Crippen molar-refractivity contribution >= 4 is 29.4 Å². The SMILES string of the molecule is CC=Cc1cnc(Cl)nc1NCCCNC(=O)C1CCC1. The van der Waals surface area contributed by atoms with Crippen LogP contribution < -0.4 is 10.6 Å². The van der Waals surface area contributed by atoms with Crippen LogP contribution in [0, 0.1) is 5.92 Å². The molecule has 0 atom stereocenters. The van der Waals surface area contributed by atoms with Crippen molar-refractivity contribution in [2.45, 2.75) is 32.6 Å². The Labute approximate surface area is 130 Å². The molecule has 1 fully saturated rings. The predicted molar refractivity (Wildman–Crippen MR) is 85.2 cm³/mol. The van der Waals surface area contributed by atoms with Crippen LogP contribution in [0.25, 0.3) is 6.08 Å². The van der Waals surface area contributed by atoms with Crippen molar-refractivity contribution in [2.75, 3.05) is 18.4 Å². The second-order valence-electron chi connectivity index (χ2n) is 5.14. The normalized spacial score (nSPS) is 15.0. The van der Waals surface area contributed by atoms with Gasteiger partial charge in [0.25, 0.3) is 0 Å². The van der Waals surface area contributed by atoms with Gasteiger partial charge in [-0.1, -0.05) is 18.6 Å². The number of halogens is 1. The molecule has 114 valence electrons. The first-order valence-corrected chi connectivity index (χ1v) is 7.75. The topological polar surface area (TPSA) is 66.9 Å². The summed E-state index contributed by atoms with van der Waals surface area (Å²) in [6.45, 7) is 3.34. The molecule has 0 spiro atoms. The van der Waals surface area contributed by atoms with Gasteiger partial charge in [-0.25, -0.2) is 9.97 Å². The lowest BCUT2D eigenvalue weighted by molar-refractivity contribution is -0.127. The molecule has 1 aromatic rings. The Morgan fingerprint density at radius 3 is 2.95 bits per heavy atom. The lowest BCUT2D eigenvalue weighted by atomic mass is 9.85. The number of carbonyl (C=O) groups excluding carboxylic acids is 1. The number of aromatic nitrogens is 2. The van der Waals surface area contributed by atoms with Crippen LogP contribution in [0.3, 0.4) is 0 Å². The summed E-state index contributed by atoms with van der Waals surface area (Å²) in [5.41, 5.74) is 0.903. The maximum atomic E-state index is 11.7. The van der Waals surface area contributed by atoms with Crippen LogP contribution in [0.15, 0.2) is 12.3 Å². The van der Waals surface area contributed by atoms with E-state index in [1.165, 1.54) is 6.42 Å². The molecule has 0 saturated heterocycles. The van der Waals surface area contributed by atoms with Crippen LogP contribution >= 0.6 is 11.6 Å². The number of anilines is 1. The first-order chi connectivity index (χ1) is 10.2. The molecule has 5 nitrogen and oxygen atoms in total. The van der Waals surface area contributed by atoms with Crippen molar-refractivity contribution in [3.05, 3.63) is 23.1 Å². The van der Waals surface area contributed by atoms with E-state index in [2.05, 4.69) is 20.6 Å². The molecule has 0 aliphatic heterocycles. The fourth-order valence-electron chi connectivity index (χ4n) is 2.13. The average Bonchev–Trinajstić information content (AvgIpc) is 2.39. The highest BCUT2D eigenvalue weighted by Gasteiger charge is 2.24. The first kappa shape index (κ1) is 15.8. The third-order valence-electron chi connectivity index (χ3n) is 3.56. The quantitative estimate of drug-likeness (QED) is 0.600. The highest BCUT2D eigenvalue weighted by molar-refractivity contribution is 6.28. The summed E-state index contributed by atoms with van der Waals surface area (Å²) in [6, 6.07) is 0. The van der Waals surface area contributed by atoms with Crippen molar-refractivity contribution in [3.63, 3.8) is 0 Å². The lowest BCUT2D eigenvalue weighted by Crippen LogP contribution is -2.35. The summed E-state index contributed by atoms with van der Waals surface area (Å²) in [5, 5.41) is 6.43. The lowest BCUT2D eigenvalue weighted by Gasteiger charge is -2.24. The molecule has 0 aromatic carbocycles. The van der Waals surface area contributed by atoms with Crippen LogP contribution in [0.5, 0.6) is 0 Å². The van der Waals surface area contributed by atoms with Gasteiger partial charge in [-0.05, 0) is 37.8 Å². The van der Waals surface area contributed by atoms with Crippen LogP contribution in [-0.2, 0) is 4.79 Å². The molecule has 0 bridgehead atoms. The minimum Gasteiger partial charge on any atom is -0.369 e. The van der Waals surface area contributed by atoms with E-state index in [0.717, 1.165) is 37.2 Å². The highest BCUT2D eigenvalue weighted by atomic mass is 35.5. The summed E-state index contributed by atoms with van der Waals surface area (Å²) in [4.78, 5) is 19.8. The average molecular weight is 309 g/mol. The molecule has 21 heavy (non-hydrogen) atoms. The molecular formula is C15H21ClN4O. The van der Waals surface area contributed by atoms with E-state index in [4.69, 9.17) is 11.6 Å². The fourth-order valence-corrected chi connectivity index (χ4v) is 2.27. The summed E-state index contributed by atoms with van der Waals surface area (Å²) in [6.07, 6.45) is 9.65. The fraction of sp³-hybridized carbons (Fsp3) is 0.533. The van der Waals surface area contributed by atoms with E-state index in [1.807, 2.05) is 19.1 Å². The number of carbonyl (C=O) groups is 1. The van der Waals surface area contributed by atoms with Gasteiger partial charge in [-0.2, -0.15) is 0 Å². The molecule has 1 aliphatic carbocycles. The number of nitrogens with one attached hydrogen (secondary N) is 2. The van der Waals surface area contributed by atoms with E-state index in [-0.39, 0.29) is 17.1 Å². The van der Waals surface area contributed by atoms with E-state index in [1.54, 1.807) is 6.20 Å². The van der Waals surface area contributed by atoms with E-state index >= 15 is 0 Å². The zero-order valence-electron chi connectivity index (χ0n) is 12.2. The first-order valence-electron chi connectivity index (χ1n) is 7.37. The monoisotopic (exact) mass is 308 g/mol. The Kier molecular flexibility index (Phi) is 5.99. The molecule has 1 amide bonds. The van der Waals surface area contributed by atoms with Gasteiger partial charge < -0.3 is 10.6 Å². The molecular weight excluding hydrogens is 288 g/mol. The van der Waals surface area contributed by atoms with Gasteiger partial charge in [0.05, 0.1) is 0 Å². The van der Waals surface area contributed by atoms with E-state index < -0.39 is 0 Å². The second-order valence-corrected chi connectivity index (χ2v) is 5.48. The zero-order chi connectivity index (χ0) is 15.1. The second kappa shape index (κ2) is 7.98. The van der Waals surface area contributed by atoms with Crippen molar-refractivity contribution in [1.82, 2.24) is 15.3 Å². The van der Waals surface area contributed by atoms with Gasteiger partial charge in [0.1, 0.15) is 5.82 Å². The summed E-state index contributed by atoms with van der Waals surface area (Å²) >= 11 is 5.81. The maximum Gasteiger partial charge on any atom is 0.224 e. The Morgan fingerprint density at radius 1 is 1.48 bits per heavy atom. The van der Waals surface area contributed by atoms with Crippen LogP contribution in [0.4, 0.5) is 5.82 Å². The van der Waals surface area contributed by atoms with Gasteiger partial charge in [0, 0.05) is 30.8 Å². The number of amides is 1. The molecule has 0 radical (unpaired) electrons. The van der Waals surface area contributed by atoms with Crippen molar-refractivity contribution in [2.24, 2.45) is 5.92 Å². The van der Waals surface area contributed by atoms with Crippen LogP contribution in [0.1, 0.15) is 38.2 Å². The molecule has 1 aromatic heterocycles. The van der Waals surface area contributed by atoms with E-state index in [9.17, 15) is 4.79 Å². The van der Waals surface area contributed by atoms with Crippen LogP contribution in [-0.4, -0.2) is 29.0 Å².